The van der Waals surface area contributed by atoms with E-state index in [0.29, 0.717) is 18.7 Å². The van der Waals surface area contributed by atoms with Crippen LogP contribution in [-0.2, 0) is 32.7 Å². The molecule has 0 fully saturated rings. The first-order valence-corrected chi connectivity index (χ1v) is 7.40. The molecule has 4 heteroatoms. The fourth-order valence-corrected chi connectivity index (χ4v) is 1.53. The van der Waals surface area contributed by atoms with Gasteiger partial charge in [0.1, 0.15) is 12.5 Å². The Labute approximate surface area is 181 Å². The summed E-state index contributed by atoms with van der Waals surface area (Å²) >= 11 is 0. The SMILES string of the molecule is C.C.C.CC(C)NCOc1ccccc1.CC(C)c1cccnc1.[Y]. The molecule has 0 bridgehead atoms. The van der Waals surface area contributed by atoms with Crippen LogP contribution in [0.2, 0.25) is 0 Å². The largest absolute Gasteiger partial charge is 0.478 e. The Morgan fingerprint density at radius 1 is 0.920 bits per heavy atom. The molecule has 141 valence electrons. The van der Waals surface area contributed by atoms with Gasteiger partial charge in [-0.15, -0.1) is 0 Å². The Kier molecular flexibility index (Phi) is 25.0. The van der Waals surface area contributed by atoms with Crippen LogP contribution in [0.15, 0.2) is 54.9 Å². The molecule has 0 aliphatic heterocycles. The fraction of sp³-hybridized carbons (Fsp3) is 0.476. The van der Waals surface area contributed by atoms with Gasteiger partial charge >= 0.3 is 0 Å². The second-order valence-corrected chi connectivity index (χ2v) is 5.40. The van der Waals surface area contributed by atoms with E-state index in [1.54, 1.807) is 6.20 Å². The minimum Gasteiger partial charge on any atom is -0.478 e. The Balaban J connectivity index is -0.000000156. The molecule has 2 aromatic rings. The third-order valence-electron chi connectivity index (χ3n) is 2.82. The van der Waals surface area contributed by atoms with Crippen LogP contribution in [0.5, 0.6) is 5.75 Å². The number of para-hydroxylation sites is 1. The molecule has 0 saturated heterocycles. The van der Waals surface area contributed by atoms with Gasteiger partial charge in [0.15, 0.2) is 0 Å². The molecule has 25 heavy (non-hydrogen) atoms. The average molecular weight is 423 g/mol. The number of benzene rings is 1. The first kappa shape index (κ1) is 32.0. The van der Waals surface area contributed by atoms with Crippen LogP contribution in [0.1, 0.15) is 61.5 Å². The summed E-state index contributed by atoms with van der Waals surface area (Å²) in [6.45, 7) is 9.08. The summed E-state index contributed by atoms with van der Waals surface area (Å²) in [7, 11) is 0. The molecule has 0 aliphatic carbocycles. The molecule has 0 spiro atoms. The standard InChI is InChI=1S/C10H15NO.C8H11N.3CH4.Y/c1-9(2)11-8-12-10-6-4-3-5-7-10;1-7(2)8-4-3-5-9-6-8;;;;/h3-7,9,11H,8H2,1-2H3;3-7H,1-2H3;3*1H4;. The van der Waals surface area contributed by atoms with Crippen molar-refractivity contribution < 1.29 is 37.4 Å². The van der Waals surface area contributed by atoms with Crippen LogP contribution in [0.4, 0.5) is 0 Å². The Hall–Kier alpha value is -0.766. The molecule has 0 aliphatic rings. The van der Waals surface area contributed by atoms with Crippen LogP contribution >= 0.6 is 0 Å². The van der Waals surface area contributed by atoms with Gasteiger partial charge in [-0.1, -0.05) is 60.4 Å². The van der Waals surface area contributed by atoms with E-state index in [0.717, 1.165) is 5.75 Å². The quantitative estimate of drug-likeness (QED) is 0.588. The second kappa shape index (κ2) is 19.6. The summed E-state index contributed by atoms with van der Waals surface area (Å²) in [4.78, 5) is 4.01. The number of pyridine rings is 1. The fourth-order valence-electron chi connectivity index (χ4n) is 1.53. The number of ether oxygens (including phenoxy) is 1. The Morgan fingerprint density at radius 2 is 1.52 bits per heavy atom. The zero-order valence-electron chi connectivity index (χ0n) is 14.0. The van der Waals surface area contributed by atoms with Gasteiger partial charge in [-0.05, 0) is 43.5 Å². The molecule has 1 N–H and O–H groups in total. The van der Waals surface area contributed by atoms with E-state index in [2.05, 4.69) is 44.1 Å². The van der Waals surface area contributed by atoms with E-state index in [1.165, 1.54) is 5.56 Å². The number of hydrogen-bond acceptors (Lipinski definition) is 3. The van der Waals surface area contributed by atoms with Gasteiger partial charge in [0.2, 0.25) is 0 Å². The van der Waals surface area contributed by atoms with E-state index in [1.807, 2.05) is 42.6 Å². The molecule has 1 radical (unpaired) electrons. The summed E-state index contributed by atoms with van der Waals surface area (Å²) in [6.07, 6.45) is 3.70. The number of nitrogens with zero attached hydrogens (tertiary/aromatic N) is 1. The summed E-state index contributed by atoms with van der Waals surface area (Å²) in [5.74, 6) is 1.50. The number of aromatic nitrogens is 1. The zero-order valence-corrected chi connectivity index (χ0v) is 16.8. The van der Waals surface area contributed by atoms with Crippen molar-refractivity contribution in [2.24, 2.45) is 0 Å². The van der Waals surface area contributed by atoms with Gasteiger partial charge < -0.3 is 4.74 Å². The molecule has 3 nitrogen and oxygen atoms in total. The molecule has 1 aromatic carbocycles. The molecule has 1 aromatic heterocycles. The van der Waals surface area contributed by atoms with Crippen LogP contribution in [-0.4, -0.2) is 17.8 Å². The van der Waals surface area contributed by atoms with Crippen molar-refractivity contribution in [3.05, 3.63) is 60.4 Å². The van der Waals surface area contributed by atoms with Gasteiger partial charge in [-0.25, -0.2) is 0 Å². The van der Waals surface area contributed by atoms with Crippen molar-refractivity contribution in [3.8, 4) is 5.75 Å². The molecular weight excluding hydrogens is 385 g/mol. The van der Waals surface area contributed by atoms with Crippen molar-refractivity contribution in [2.75, 3.05) is 6.73 Å². The predicted molar refractivity (Wildman–Crippen MR) is 109 cm³/mol. The Morgan fingerprint density at radius 3 is 1.92 bits per heavy atom. The normalized spacial score (nSPS) is 8.56. The second-order valence-electron chi connectivity index (χ2n) is 5.40. The smallest absolute Gasteiger partial charge is 0.139 e. The molecule has 0 amide bonds. The number of hydrogen-bond donors (Lipinski definition) is 1. The molecular formula is C21H38N2OY. The minimum atomic E-state index is 0. The van der Waals surface area contributed by atoms with Crippen LogP contribution in [0.25, 0.3) is 0 Å². The van der Waals surface area contributed by atoms with Gasteiger partial charge in [-0.2, -0.15) is 0 Å². The monoisotopic (exact) mass is 423 g/mol. The van der Waals surface area contributed by atoms with Crippen molar-refractivity contribution in [1.29, 1.82) is 0 Å². The summed E-state index contributed by atoms with van der Waals surface area (Å²) in [5.41, 5.74) is 1.30. The maximum Gasteiger partial charge on any atom is 0.139 e. The van der Waals surface area contributed by atoms with Crippen LogP contribution < -0.4 is 10.1 Å². The van der Waals surface area contributed by atoms with Crippen molar-refractivity contribution in [2.45, 2.75) is 61.9 Å². The molecule has 1 heterocycles. The van der Waals surface area contributed by atoms with Gasteiger partial charge in [-0.3, -0.25) is 10.3 Å². The number of rotatable bonds is 5. The van der Waals surface area contributed by atoms with E-state index >= 15 is 0 Å². The Bertz CT molecular complexity index is 476. The van der Waals surface area contributed by atoms with Crippen LogP contribution in [0.3, 0.4) is 0 Å². The molecule has 0 atom stereocenters. The third-order valence-corrected chi connectivity index (χ3v) is 2.82. The molecule has 0 unspecified atom stereocenters. The summed E-state index contributed by atoms with van der Waals surface area (Å²) in [5, 5.41) is 3.17. The predicted octanol–water partition coefficient (Wildman–Crippen LogP) is 6.13. The van der Waals surface area contributed by atoms with Gasteiger partial charge in [0.05, 0.1) is 0 Å². The first-order chi connectivity index (χ1) is 10.1. The van der Waals surface area contributed by atoms with Gasteiger partial charge in [0.25, 0.3) is 0 Å². The van der Waals surface area contributed by atoms with Crippen LogP contribution in [0, 0.1) is 0 Å². The maximum absolute atomic E-state index is 5.41. The van der Waals surface area contributed by atoms with Crippen molar-refractivity contribution in [1.82, 2.24) is 10.3 Å². The van der Waals surface area contributed by atoms with E-state index in [9.17, 15) is 0 Å². The molecule has 2 rings (SSSR count). The zero-order chi connectivity index (χ0) is 15.5. The van der Waals surface area contributed by atoms with Gasteiger partial charge in [0, 0.05) is 51.1 Å². The number of nitrogens with one attached hydrogen (secondary N) is 1. The summed E-state index contributed by atoms with van der Waals surface area (Å²) < 4.78 is 5.41. The molecule has 0 saturated carbocycles. The van der Waals surface area contributed by atoms with Crippen molar-refractivity contribution >= 4 is 0 Å². The third kappa shape index (κ3) is 16.5. The first-order valence-electron chi connectivity index (χ1n) is 7.40. The van der Waals surface area contributed by atoms with E-state index in [4.69, 9.17) is 4.74 Å². The average Bonchev–Trinajstić information content (AvgIpc) is 2.49. The summed E-state index contributed by atoms with van der Waals surface area (Å²) in [6, 6.07) is 14.3. The van der Waals surface area contributed by atoms with E-state index in [-0.39, 0.29) is 55.0 Å². The van der Waals surface area contributed by atoms with E-state index < -0.39 is 0 Å². The maximum atomic E-state index is 5.41. The minimum absolute atomic E-state index is 0. The topological polar surface area (TPSA) is 34.1 Å². The van der Waals surface area contributed by atoms with Crippen molar-refractivity contribution in [3.63, 3.8) is 0 Å².